The topological polar surface area (TPSA) is 63.7 Å². The van der Waals surface area contributed by atoms with Crippen LogP contribution in [0.2, 0.25) is 5.02 Å². The lowest BCUT2D eigenvalue weighted by Crippen LogP contribution is -2.48. The first-order valence-electron chi connectivity index (χ1n) is 7.98. The molecule has 2 atom stereocenters. The van der Waals surface area contributed by atoms with Gasteiger partial charge in [0, 0.05) is 23.6 Å². The highest BCUT2D eigenvalue weighted by molar-refractivity contribution is 6.31. The van der Waals surface area contributed by atoms with Gasteiger partial charge >= 0.3 is 5.97 Å². The van der Waals surface area contributed by atoms with E-state index in [-0.39, 0.29) is 18.3 Å². The van der Waals surface area contributed by atoms with Gasteiger partial charge in [0.15, 0.2) is 5.78 Å². The molecule has 0 saturated carbocycles. The zero-order chi connectivity index (χ0) is 17.3. The number of ether oxygens (including phenoxy) is 1. The smallest absolute Gasteiger partial charge is 0.311 e. The Morgan fingerprint density at radius 3 is 2.79 bits per heavy atom. The lowest BCUT2D eigenvalue weighted by atomic mass is 9.91. The summed E-state index contributed by atoms with van der Waals surface area (Å²) >= 11 is 6.14. The van der Waals surface area contributed by atoms with Crippen LogP contribution in [0.25, 0.3) is 0 Å². The molecule has 0 N–H and O–H groups in total. The van der Waals surface area contributed by atoms with Crippen molar-refractivity contribution in [2.75, 3.05) is 13.2 Å². The van der Waals surface area contributed by atoms with Crippen molar-refractivity contribution in [3.63, 3.8) is 0 Å². The first kappa shape index (κ1) is 16.7. The predicted molar refractivity (Wildman–Crippen MR) is 88.5 cm³/mol. The van der Waals surface area contributed by atoms with Crippen LogP contribution in [-0.4, -0.2) is 41.8 Å². The molecule has 6 heteroatoms. The molecule has 1 aromatic rings. The van der Waals surface area contributed by atoms with Gasteiger partial charge in [0.05, 0.1) is 12.5 Å². The van der Waals surface area contributed by atoms with E-state index in [4.69, 9.17) is 16.3 Å². The van der Waals surface area contributed by atoms with Crippen molar-refractivity contribution in [3.8, 4) is 0 Å². The minimum Gasteiger partial charge on any atom is -0.466 e. The van der Waals surface area contributed by atoms with E-state index in [9.17, 15) is 14.4 Å². The molecular formula is C18H18ClNO4. The van der Waals surface area contributed by atoms with Gasteiger partial charge in [0.25, 0.3) is 5.91 Å². The van der Waals surface area contributed by atoms with Crippen LogP contribution in [0.1, 0.15) is 18.9 Å². The highest BCUT2D eigenvalue weighted by Crippen LogP contribution is 2.32. The first-order chi connectivity index (χ1) is 11.5. The summed E-state index contributed by atoms with van der Waals surface area (Å²) in [4.78, 5) is 38.7. The standard InChI is InChI=1S/C18H18ClNO4/c1-2-24-18(23)13-7-8-20-16(13)15(21)10-12(17(20)22)9-11-5-3-4-6-14(11)19/h3-6,10,13,16H,2,7-9H2,1H3. The van der Waals surface area contributed by atoms with Crippen LogP contribution in [0.4, 0.5) is 0 Å². The van der Waals surface area contributed by atoms with Gasteiger partial charge in [-0.25, -0.2) is 0 Å². The van der Waals surface area contributed by atoms with Gasteiger partial charge in [-0.2, -0.15) is 0 Å². The fourth-order valence-electron chi connectivity index (χ4n) is 3.35. The van der Waals surface area contributed by atoms with E-state index in [0.29, 0.717) is 30.0 Å². The van der Waals surface area contributed by atoms with Crippen molar-refractivity contribution >= 4 is 29.3 Å². The molecule has 0 aliphatic carbocycles. The molecular weight excluding hydrogens is 330 g/mol. The van der Waals surface area contributed by atoms with Crippen molar-refractivity contribution in [1.29, 1.82) is 0 Å². The Morgan fingerprint density at radius 1 is 1.33 bits per heavy atom. The number of nitrogens with zero attached hydrogens (tertiary/aromatic N) is 1. The molecule has 0 radical (unpaired) electrons. The quantitative estimate of drug-likeness (QED) is 0.783. The van der Waals surface area contributed by atoms with Crippen LogP contribution >= 0.6 is 11.6 Å². The Hall–Kier alpha value is -2.14. The largest absolute Gasteiger partial charge is 0.466 e. The molecule has 2 heterocycles. The molecule has 126 valence electrons. The Labute approximate surface area is 145 Å². The van der Waals surface area contributed by atoms with Gasteiger partial charge in [0.2, 0.25) is 0 Å². The molecule has 0 bridgehead atoms. The number of benzene rings is 1. The average Bonchev–Trinajstić information content (AvgIpc) is 3.00. The van der Waals surface area contributed by atoms with E-state index in [1.54, 1.807) is 13.0 Å². The summed E-state index contributed by atoms with van der Waals surface area (Å²) in [6, 6.07) is 6.51. The number of carbonyl (C=O) groups is 3. The molecule has 2 aliphatic rings. The van der Waals surface area contributed by atoms with Crippen LogP contribution in [0.5, 0.6) is 0 Å². The summed E-state index contributed by atoms with van der Waals surface area (Å²) in [5.41, 5.74) is 1.21. The van der Waals surface area contributed by atoms with Crippen molar-refractivity contribution in [2.45, 2.75) is 25.8 Å². The Balaban J connectivity index is 1.84. The van der Waals surface area contributed by atoms with E-state index < -0.39 is 17.9 Å². The molecule has 5 nitrogen and oxygen atoms in total. The number of rotatable bonds is 4. The summed E-state index contributed by atoms with van der Waals surface area (Å²) < 4.78 is 5.03. The third-order valence-electron chi connectivity index (χ3n) is 4.47. The number of amides is 1. The monoisotopic (exact) mass is 347 g/mol. The van der Waals surface area contributed by atoms with E-state index >= 15 is 0 Å². The first-order valence-corrected chi connectivity index (χ1v) is 8.36. The maximum absolute atomic E-state index is 12.7. The summed E-state index contributed by atoms with van der Waals surface area (Å²) in [7, 11) is 0. The van der Waals surface area contributed by atoms with Gasteiger partial charge in [-0.1, -0.05) is 29.8 Å². The van der Waals surface area contributed by atoms with Gasteiger partial charge in [-0.05, 0) is 31.1 Å². The van der Waals surface area contributed by atoms with Crippen LogP contribution in [0.3, 0.4) is 0 Å². The van der Waals surface area contributed by atoms with Crippen molar-refractivity contribution in [3.05, 3.63) is 46.5 Å². The molecule has 24 heavy (non-hydrogen) atoms. The fraction of sp³-hybridized carbons (Fsp3) is 0.389. The van der Waals surface area contributed by atoms with Crippen molar-refractivity contribution < 1.29 is 19.1 Å². The molecule has 2 aliphatic heterocycles. The van der Waals surface area contributed by atoms with E-state index in [1.807, 2.05) is 18.2 Å². The normalized spacial score (nSPS) is 23.1. The number of hydrogen-bond acceptors (Lipinski definition) is 4. The summed E-state index contributed by atoms with van der Waals surface area (Å²) in [5.74, 6) is -1.40. The molecule has 1 amide bonds. The Morgan fingerprint density at radius 2 is 2.08 bits per heavy atom. The zero-order valence-electron chi connectivity index (χ0n) is 13.3. The second kappa shape index (κ2) is 6.77. The molecule has 0 spiro atoms. The van der Waals surface area contributed by atoms with Crippen molar-refractivity contribution in [1.82, 2.24) is 4.90 Å². The van der Waals surface area contributed by atoms with Crippen LogP contribution in [0.15, 0.2) is 35.9 Å². The zero-order valence-corrected chi connectivity index (χ0v) is 14.1. The summed E-state index contributed by atoms with van der Waals surface area (Å²) in [5, 5.41) is 0.562. The van der Waals surface area contributed by atoms with Gasteiger partial charge < -0.3 is 9.64 Å². The molecule has 0 aromatic heterocycles. The number of fused-ring (bicyclic) bond motifs is 1. The SMILES string of the molecule is CCOC(=O)C1CCN2C(=O)C(Cc3ccccc3Cl)=CC(=O)C12. The third kappa shape index (κ3) is 2.96. The second-order valence-electron chi connectivity index (χ2n) is 5.93. The molecule has 3 rings (SSSR count). The predicted octanol–water partition coefficient (Wildman–Crippen LogP) is 2.17. The average molecular weight is 348 g/mol. The number of hydrogen-bond donors (Lipinski definition) is 0. The second-order valence-corrected chi connectivity index (χ2v) is 6.34. The lowest BCUT2D eigenvalue weighted by molar-refractivity contribution is -0.151. The van der Waals surface area contributed by atoms with Crippen LogP contribution in [-0.2, 0) is 25.5 Å². The molecule has 1 aromatic carbocycles. The highest BCUT2D eigenvalue weighted by Gasteiger charge is 2.48. The van der Waals surface area contributed by atoms with Crippen LogP contribution < -0.4 is 0 Å². The lowest BCUT2D eigenvalue weighted by Gasteiger charge is -2.30. The van der Waals surface area contributed by atoms with Crippen LogP contribution in [0, 0.1) is 5.92 Å². The van der Waals surface area contributed by atoms with E-state index in [1.165, 1.54) is 11.0 Å². The van der Waals surface area contributed by atoms with Gasteiger partial charge in [-0.15, -0.1) is 0 Å². The number of halogens is 1. The maximum atomic E-state index is 12.7. The molecule has 1 fully saturated rings. The Bertz CT molecular complexity index is 727. The maximum Gasteiger partial charge on any atom is 0.311 e. The van der Waals surface area contributed by atoms with Gasteiger partial charge in [-0.3, -0.25) is 14.4 Å². The van der Waals surface area contributed by atoms with Gasteiger partial charge in [0.1, 0.15) is 6.04 Å². The molecule has 2 unspecified atom stereocenters. The third-order valence-corrected chi connectivity index (χ3v) is 4.84. The Kier molecular flexibility index (Phi) is 4.71. The highest BCUT2D eigenvalue weighted by atomic mass is 35.5. The minimum atomic E-state index is -0.730. The summed E-state index contributed by atoms with van der Waals surface area (Å²) in [6.07, 6.45) is 2.12. The minimum absolute atomic E-state index is 0.202. The molecule has 1 saturated heterocycles. The van der Waals surface area contributed by atoms with E-state index in [0.717, 1.165) is 5.56 Å². The number of carbonyl (C=O) groups excluding carboxylic acids is 3. The van der Waals surface area contributed by atoms with E-state index in [2.05, 4.69) is 0 Å². The number of ketones is 1. The summed E-state index contributed by atoms with van der Waals surface area (Å²) in [6.45, 7) is 2.37. The van der Waals surface area contributed by atoms with Crippen molar-refractivity contribution in [2.24, 2.45) is 5.92 Å². The fourth-order valence-corrected chi connectivity index (χ4v) is 3.55. The number of esters is 1.